The lowest BCUT2D eigenvalue weighted by Gasteiger charge is -2.25. The highest BCUT2D eigenvalue weighted by Gasteiger charge is 2.24. The SMILES string of the molecule is Cc1cccc(Oc2ccc(-c3cn4c(c3C(N)=O)CN(C)CC4)cc2)n1. The lowest BCUT2D eigenvalue weighted by atomic mass is 10.0. The highest BCUT2D eigenvalue weighted by molar-refractivity contribution is 6.01. The van der Waals surface area contributed by atoms with E-state index in [2.05, 4.69) is 14.5 Å². The molecule has 0 aliphatic carbocycles. The van der Waals surface area contributed by atoms with Crippen molar-refractivity contribution in [2.45, 2.75) is 20.0 Å². The van der Waals surface area contributed by atoms with E-state index in [0.717, 1.165) is 42.1 Å². The number of hydrogen-bond acceptors (Lipinski definition) is 4. The molecule has 0 bridgehead atoms. The Labute approximate surface area is 158 Å². The van der Waals surface area contributed by atoms with Crippen LogP contribution in [0.5, 0.6) is 11.6 Å². The van der Waals surface area contributed by atoms with Crippen molar-refractivity contribution in [1.29, 1.82) is 0 Å². The number of benzene rings is 1. The van der Waals surface area contributed by atoms with Gasteiger partial charge in [-0.2, -0.15) is 0 Å². The topological polar surface area (TPSA) is 73.4 Å². The van der Waals surface area contributed by atoms with Crippen LogP contribution in [0.3, 0.4) is 0 Å². The maximum Gasteiger partial charge on any atom is 0.251 e. The molecule has 27 heavy (non-hydrogen) atoms. The summed E-state index contributed by atoms with van der Waals surface area (Å²) >= 11 is 0. The van der Waals surface area contributed by atoms with Gasteiger partial charge >= 0.3 is 0 Å². The number of fused-ring (bicyclic) bond motifs is 1. The number of rotatable bonds is 4. The highest BCUT2D eigenvalue weighted by atomic mass is 16.5. The molecule has 1 aliphatic heterocycles. The number of nitrogens with zero attached hydrogens (tertiary/aromatic N) is 3. The summed E-state index contributed by atoms with van der Waals surface area (Å²) < 4.78 is 7.94. The molecule has 6 nitrogen and oxygen atoms in total. The van der Waals surface area contributed by atoms with Crippen molar-refractivity contribution >= 4 is 5.91 Å². The molecule has 0 saturated carbocycles. The van der Waals surface area contributed by atoms with Gasteiger partial charge in [0.05, 0.1) is 5.56 Å². The third-order valence-corrected chi connectivity index (χ3v) is 4.83. The van der Waals surface area contributed by atoms with E-state index >= 15 is 0 Å². The second-order valence-corrected chi connectivity index (χ2v) is 6.90. The number of aryl methyl sites for hydroxylation is 1. The van der Waals surface area contributed by atoms with Crippen LogP contribution in [0.1, 0.15) is 21.7 Å². The summed E-state index contributed by atoms with van der Waals surface area (Å²) in [6.07, 6.45) is 2.03. The Bertz CT molecular complexity index is 992. The molecule has 2 N–H and O–H groups in total. The molecular formula is C21H22N4O2. The van der Waals surface area contributed by atoms with Crippen molar-refractivity contribution in [2.75, 3.05) is 13.6 Å². The van der Waals surface area contributed by atoms with E-state index in [4.69, 9.17) is 10.5 Å². The van der Waals surface area contributed by atoms with Crippen LogP contribution in [0, 0.1) is 6.92 Å². The fourth-order valence-corrected chi connectivity index (χ4v) is 3.47. The van der Waals surface area contributed by atoms with E-state index in [1.54, 1.807) is 0 Å². The molecule has 0 fully saturated rings. The summed E-state index contributed by atoms with van der Waals surface area (Å²) in [6, 6.07) is 13.3. The standard InChI is InChI=1S/C21H22N4O2/c1-14-4-3-5-19(23-14)27-16-8-6-15(7-9-16)17-12-25-11-10-24(2)13-18(25)20(17)21(22)26/h3-9,12H,10-11,13H2,1-2H3,(H2,22,26). The van der Waals surface area contributed by atoms with Crippen LogP contribution in [0.25, 0.3) is 11.1 Å². The molecular weight excluding hydrogens is 340 g/mol. The quantitative estimate of drug-likeness (QED) is 0.773. The average Bonchev–Trinajstić information content (AvgIpc) is 3.01. The molecule has 2 aromatic heterocycles. The summed E-state index contributed by atoms with van der Waals surface area (Å²) in [5.41, 5.74) is 10.0. The normalized spacial score (nSPS) is 14.0. The number of carbonyl (C=O) groups excluding carboxylic acids is 1. The number of carbonyl (C=O) groups is 1. The van der Waals surface area contributed by atoms with Gasteiger partial charge in [-0.15, -0.1) is 0 Å². The molecule has 3 aromatic rings. The number of amides is 1. The number of likely N-dealkylation sites (N-methyl/N-ethyl adjacent to an activating group) is 1. The van der Waals surface area contributed by atoms with Gasteiger partial charge in [-0.3, -0.25) is 9.69 Å². The van der Waals surface area contributed by atoms with E-state index in [-0.39, 0.29) is 0 Å². The van der Waals surface area contributed by atoms with E-state index in [1.165, 1.54) is 0 Å². The smallest absolute Gasteiger partial charge is 0.251 e. The van der Waals surface area contributed by atoms with Gasteiger partial charge in [0, 0.05) is 48.8 Å². The molecule has 3 heterocycles. The van der Waals surface area contributed by atoms with Crippen molar-refractivity contribution in [3.63, 3.8) is 0 Å². The Morgan fingerprint density at radius 1 is 1.15 bits per heavy atom. The Morgan fingerprint density at radius 3 is 2.63 bits per heavy atom. The summed E-state index contributed by atoms with van der Waals surface area (Å²) in [5.74, 6) is 0.863. The molecule has 1 amide bonds. The zero-order valence-corrected chi connectivity index (χ0v) is 15.5. The second-order valence-electron chi connectivity index (χ2n) is 6.90. The monoisotopic (exact) mass is 362 g/mol. The van der Waals surface area contributed by atoms with E-state index < -0.39 is 5.91 Å². The van der Waals surface area contributed by atoms with Crippen LogP contribution in [0.15, 0.2) is 48.7 Å². The Morgan fingerprint density at radius 2 is 1.93 bits per heavy atom. The van der Waals surface area contributed by atoms with Crippen LogP contribution < -0.4 is 10.5 Å². The fourth-order valence-electron chi connectivity index (χ4n) is 3.47. The van der Waals surface area contributed by atoms with Gasteiger partial charge < -0.3 is 15.0 Å². The first-order valence-corrected chi connectivity index (χ1v) is 8.93. The number of ether oxygens (including phenoxy) is 1. The molecule has 0 unspecified atom stereocenters. The first-order valence-electron chi connectivity index (χ1n) is 8.93. The maximum absolute atomic E-state index is 12.1. The second kappa shape index (κ2) is 6.89. The van der Waals surface area contributed by atoms with Crippen molar-refractivity contribution in [2.24, 2.45) is 5.73 Å². The predicted octanol–water partition coefficient (Wildman–Crippen LogP) is 3.20. The van der Waals surface area contributed by atoms with E-state index in [0.29, 0.717) is 17.2 Å². The zero-order valence-electron chi connectivity index (χ0n) is 15.5. The van der Waals surface area contributed by atoms with Crippen LogP contribution in [-0.2, 0) is 13.1 Å². The minimum atomic E-state index is -0.390. The highest BCUT2D eigenvalue weighted by Crippen LogP contribution is 2.32. The number of hydrogen-bond donors (Lipinski definition) is 1. The summed E-state index contributed by atoms with van der Waals surface area (Å²) in [4.78, 5) is 18.7. The molecule has 0 saturated heterocycles. The Hall–Kier alpha value is -3.12. The van der Waals surface area contributed by atoms with Crippen molar-refractivity contribution in [1.82, 2.24) is 14.5 Å². The molecule has 1 aliphatic rings. The third-order valence-electron chi connectivity index (χ3n) is 4.83. The molecule has 0 radical (unpaired) electrons. The molecule has 138 valence electrons. The van der Waals surface area contributed by atoms with Crippen LogP contribution >= 0.6 is 0 Å². The maximum atomic E-state index is 12.1. The van der Waals surface area contributed by atoms with Crippen molar-refractivity contribution in [3.8, 4) is 22.8 Å². The van der Waals surface area contributed by atoms with Gasteiger partial charge in [0.2, 0.25) is 5.88 Å². The zero-order chi connectivity index (χ0) is 19.0. The Balaban J connectivity index is 1.65. The summed E-state index contributed by atoms with van der Waals surface area (Å²) in [5, 5.41) is 0. The van der Waals surface area contributed by atoms with Gasteiger partial charge in [-0.1, -0.05) is 18.2 Å². The third kappa shape index (κ3) is 3.44. The van der Waals surface area contributed by atoms with Gasteiger partial charge in [0.1, 0.15) is 5.75 Å². The van der Waals surface area contributed by atoms with Crippen LogP contribution in [-0.4, -0.2) is 34.0 Å². The van der Waals surface area contributed by atoms with Crippen molar-refractivity contribution < 1.29 is 9.53 Å². The lowest BCUT2D eigenvalue weighted by Crippen LogP contribution is -2.31. The molecule has 6 heteroatoms. The van der Waals surface area contributed by atoms with Crippen molar-refractivity contribution in [3.05, 3.63) is 65.6 Å². The lowest BCUT2D eigenvalue weighted by molar-refractivity contribution is 0.0998. The largest absolute Gasteiger partial charge is 0.439 e. The van der Waals surface area contributed by atoms with Gasteiger partial charge in [-0.05, 0) is 37.7 Å². The van der Waals surface area contributed by atoms with E-state index in [1.807, 2.05) is 62.6 Å². The van der Waals surface area contributed by atoms with Gasteiger partial charge in [0.25, 0.3) is 5.91 Å². The number of nitrogens with two attached hydrogens (primary N) is 1. The fraction of sp³-hybridized carbons (Fsp3) is 0.238. The molecule has 0 atom stereocenters. The minimum absolute atomic E-state index is 0.390. The van der Waals surface area contributed by atoms with Gasteiger partial charge in [0.15, 0.2) is 0 Å². The van der Waals surface area contributed by atoms with Gasteiger partial charge in [-0.25, -0.2) is 4.98 Å². The number of aromatic nitrogens is 2. The molecule has 1 aromatic carbocycles. The van der Waals surface area contributed by atoms with Crippen LogP contribution in [0.2, 0.25) is 0 Å². The first-order chi connectivity index (χ1) is 13.0. The number of primary amides is 1. The van der Waals surface area contributed by atoms with E-state index in [9.17, 15) is 4.79 Å². The summed E-state index contributed by atoms with van der Waals surface area (Å²) in [7, 11) is 2.05. The summed E-state index contributed by atoms with van der Waals surface area (Å²) in [6.45, 7) is 4.45. The minimum Gasteiger partial charge on any atom is -0.439 e. The average molecular weight is 362 g/mol. The molecule has 0 spiro atoms. The predicted molar refractivity (Wildman–Crippen MR) is 104 cm³/mol. The molecule has 4 rings (SSSR count). The Kier molecular flexibility index (Phi) is 4.41. The number of pyridine rings is 1. The van der Waals surface area contributed by atoms with Crippen LogP contribution in [0.4, 0.5) is 0 Å². The first kappa shape index (κ1) is 17.3.